The van der Waals surface area contributed by atoms with Crippen LogP contribution in [0.5, 0.6) is 0 Å². The minimum atomic E-state index is -0.134. The molecule has 0 aliphatic carbocycles. The summed E-state index contributed by atoms with van der Waals surface area (Å²) in [5.41, 5.74) is 0.766. The van der Waals surface area contributed by atoms with Crippen LogP contribution in [-0.4, -0.2) is 30.1 Å². The molecule has 110 valence electrons. The molecule has 1 saturated heterocycles. The van der Waals surface area contributed by atoms with Crippen LogP contribution in [0.25, 0.3) is 10.4 Å². The van der Waals surface area contributed by atoms with E-state index in [1.54, 1.807) is 18.3 Å². The van der Waals surface area contributed by atoms with Crippen molar-refractivity contribution in [1.82, 2.24) is 10.3 Å². The Kier molecular flexibility index (Phi) is 4.17. The predicted octanol–water partition coefficient (Wildman–Crippen LogP) is 2.01. The van der Waals surface area contributed by atoms with Crippen LogP contribution in [0, 0.1) is 0 Å². The average molecular weight is 304 g/mol. The van der Waals surface area contributed by atoms with Gasteiger partial charge < -0.3 is 15.0 Å². The number of hydrogen-bond acceptors (Lipinski definition) is 4. The van der Waals surface area contributed by atoms with Crippen LogP contribution in [0.15, 0.2) is 35.3 Å². The number of ether oxygens (including phenoxy) is 1. The lowest BCUT2D eigenvalue weighted by atomic mass is 10.2. The van der Waals surface area contributed by atoms with Gasteiger partial charge in [0, 0.05) is 35.9 Å². The van der Waals surface area contributed by atoms with Crippen LogP contribution < -0.4 is 10.9 Å². The highest BCUT2D eigenvalue weighted by Crippen LogP contribution is 2.27. The van der Waals surface area contributed by atoms with Crippen LogP contribution in [0.4, 0.5) is 0 Å². The number of carbonyl (C=O) groups is 1. The van der Waals surface area contributed by atoms with Crippen LogP contribution >= 0.6 is 11.3 Å². The molecule has 0 saturated carbocycles. The maximum absolute atomic E-state index is 12.1. The SMILES string of the molecule is O=C(NC[C@@H]1CCCO1)c1ccc(-c2ccc(=O)[nH]c2)s1. The fourth-order valence-electron chi connectivity index (χ4n) is 2.28. The van der Waals surface area contributed by atoms with Crippen molar-refractivity contribution < 1.29 is 9.53 Å². The van der Waals surface area contributed by atoms with Gasteiger partial charge in [0.25, 0.3) is 5.91 Å². The largest absolute Gasteiger partial charge is 0.376 e. The van der Waals surface area contributed by atoms with Gasteiger partial charge in [-0.2, -0.15) is 0 Å². The molecule has 1 amide bonds. The topological polar surface area (TPSA) is 71.2 Å². The highest BCUT2D eigenvalue weighted by molar-refractivity contribution is 7.17. The molecule has 6 heteroatoms. The van der Waals surface area contributed by atoms with Crippen molar-refractivity contribution in [3.05, 3.63) is 45.7 Å². The summed E-state index contributed by atoms with van der Waals surface area (Å²) in [5.74, 6) is -0.0776. The highest BCUT2D eigenvalue weighted by Gasteiger charge is 2.17. The molecule has 0 spiro atoms. The summed E-state index contributed by atoms with van der Waals surface area (Å²) in [5, 5.41) is 2.90. The van der Waals surface area contributed by atoms with Gasteiger partial charge in [-0.15, -0.1) is 11.3 Å². The molecule has 2 aromatic heterocycles. The summed E-state index contributed by atoms with van der Waals surface area (Å²) in [7, 11) is 0. The molecular formula is C15H16N2O3S. The Morgan fingerprint density at radius 1 is 1.38 bits per heavy atom. The Labute approximate surface area is 126 Å². The number of thiophene rings is 1. The zero-order valence-electron chi connectivity index (χ0n) is 11.4. The summed E-state index contributed by atoms with van der Waals surface area (Å²) in [6.07, 6.45) is 3.87. The minimum Gasteiger partial charge on any atom is -0.376 e. The monoisotopic (exact) mass is 304 g/mol. The Bertz CT molecular complexity index is 666. The van der Waals surface area contributed by atoms with Crippen molar-refractivity contribution in [2.45, 2.75) is 18.9 Å². The first-order valence-electron chi connectivity index (χ1n) is 6.91. The fraction of sp³-hybridized carbons (Fsp3) is 0.333. The second-order valence-corrected chi connectivity index (χ2v) is 6.03. The smallest absolute Gasteiger partial charge is 0.261 e. The van der Waals surface area contributed by atoms with Gasteiger partial charge >= 0.3 is 0 Å². The summed E-state index contributed by atoms with van der Waals surface area (Å²) in [6.45, 7) is 1.35. The normalized spacial score (nSPS) is 17.8. The number of aromatic amines is 1. The third-order valence-corrected chi connectivity index (χ3v) is 4.55. The van der Waals surface area contributed by atoms with Crippen molar-refractivity contribution >= 4 is 17.2 Å². The molecule has 3 rings (SSSR count). The van der Waals surface area contributed by atoms with E-state index in [1.165, 1.54) is 17.4 Å². The molecule has 1 aliphatic heterocycles. The first-order chi connectivity index (χ1) is 10.2. The first kappa shape index (κ1) is 14.0. The number of aromatic nitrogens is 1. The molecule has 2 aromatic rings. The van der Waals surface area contributed by atoms with E-state index in [1.807, 2.05) is 6.07 Å². The van der Waals surface area contributed by atoms with Crippen molar-refractivity contribution in [3.63, 3.8) is 0 Å². The number of H-pyrrole nitrogens is 1. The maximum Gasteiger partial charge on any atom is 0.261 e. The van der Waals surface area contributed by atoms with Crippen LogP contribution in [0.3, 0.4) is 0 Å². The molecule has 0 aromatic carbocycles. The summed E-state index contributed by atoms with van der Waals surface area (Å²) < 4.78 is 5.48. The lowest BCUT2D eigenvalue weighted by molar-refractivity contribution is 0.0861. The second-order valence-electron chi connectivity index (χ2n) is 4.95. The predicted molar refractivity (Wildman–Crippen MR) is 81.7 cm³/mol. The molecule has 0 bridgehead atoms. The molecular weight excluding hydrogens is 288 g/mol. The van der Waals surface area contributed by atoms with Gasteiger partial charge in [-0.3, -0.25) is 9.59 Å². The molecule has 0 radical (unpaired) electrons. The van der Waals surface area contributed by atoms with Gasteiger partial charge in [-0.05, 0) is 31.0 Å². The zero-order valence-corrected chi connectivity index (χ0v) is 12.2. The van der Waals surface area contributed by atoms with E-state index in [9.17, 15) is 9.59 Å². The lowest BCUT2D eigenvalue weighted by Gasteiger charge is -2.09. The third-order valence-electron chi connectivity index (χ3n) is 3.41. The van der Waals surface area contributed by atoms with Gasteiger partial charge in [-0.25, -0.2) is 0 Å². The van der Waals surface area contributed by atoms with Gasteiger partial charge in [0.1, 0.15) is 0 Å². The molecule has 1 fully saturated rings. The maximum atomic E-state index is 12.1. The van der Waals surface area contributed by atoms with Crippen molar-refractivity contribution in [3.8, 4) is 10.4 Å². The molecule has 3 heterocycles. The van der Waals surface area contributed by atoms with E-state index >= 15 is 0 Å². The molecule has 21 heavy (non-hydrogen) atoms. The number of nitrogens with one attached hydrogen (secondary N) is 2. The number of carbonyl (C=O) groups excluding carboxylic acids is 1. The quantitative estimate of drug-likeness (QED) is 0.907. The van der Waals surface area contributed by atoms with Gasteiger partial charge in [0.2, 0.25) is 5.56 Å². The molecule has 1 atom stereocenters. The van der Waals surface area contributed by atoms with E-state index < -0.39 is 0 Å². The highest BCUT2D eigenvalue weighted by atomic mass is 32.1. The minimum absolute atomic E-state index is 0.0776. The van der Waals surface area contributed by atoms with Crippen molar-refractivity contribution in [2.24, 2.45) is 0 Å². The Balaban J connectivity index is 1.64. The number of rotatable bonds is 4. The number of pyridine rings is 1. The standard InChI is InChI=1S/C15H16N2O3S/c18-14-6-3-10(8-16-14)12-4-5-13(21-12)15(19)17-9-11-2-1-7-20-11/h3-6,8,11H,1-2,7,9H2,(H,16,18)(H,17,19)/t11-/m0/s1. The Hall–Kier alpha value is -1.92. The van der Waals surface area contributed by atoms with Crippen molar-refractivity contribution in [2.75, 3.05) is 13.2 Å². The number of hydrogen-bond donors (Lipinski definition) is 2. The Morgan fingerprint density at radius 3 is 3.00 bits per heavy atom. The van der Waals surface area contributed by atoms with Crippen molar-refractivity contribution in [1.29, 1.82) is 0 Å². The second kappa shape index (κ2) is 6.24. The summed E-state index contributed by atoms with van der Waals surface area (Å²) in [6, 6.07) is 6.92. The molecule has 5 nitrogen and oxygen atoms in total. The molecule has 0 unspecified atom stereocenters. The van der Waals surface area contributed by atoms with Crippen LogP contribution in [0.2, 0.25) is 0 Å². The van der Waals surface area contributed by atoms with E-state index in [-0.39, 0.29) is 17.6 Å². The first-order valence-corrected chi connectivity index (χ1v) is 7.73. The van der Waals surface area contributed by atoms with E-state index in [4.69, 9.17) is 4.74 Å². The fourth-order valence-corrected chi connectivity index (χ4v) is 3.20. The van der Waals surface area contributed by atoms with E-state index in [0.29, 0.717) is 11.4 Å². The van der Waals surface area contributed by atoms with E-state index in [2.05, 4.69) is 10.3 Å². The Morgan fingerprint density at radius 2 is 2.29 bits per heavy atom. The van der Waals surface area contributed by atoms with Gasteiger partial charge in [0.15, 0.2) is 0 Å². The summed E-state index contributed by atoms with van der Waals surface area (Å²) >= 11 is 1.41. The van der Waals surface area contributed by atoms with E-state index in [0.717, 1.165) is 29.9 Å². The van der Waals surface area contributed by atoms with Crippen LogP contribution in [0.1, 0.15) is 22.5 Å². The zero-order chi connectivity index (χ0) is 14.7. The molecule has 2 N–H and O–H groups in total. The number of amides is 1. The summed E-state index contributed by atoms with van der Waals surface area (Å²) in [4.78, 5) is 27.4. The average Bonchev–Trinajstić information content (AvgIpc) is 3.17. The van der Waals surface area contributed by atoms with Gasteiger partial charge in [-0.1, -0.05) is 0 Å². The third kappa shape index (κ3) is 3.40. The van der Waals surface area contributed by atoms with Gasteiger partial charge in [0.05, 0.1) is 11.0 Å². The molecule has 1 aliphatic rings. The van der Waals surface area contributed by atoms with Crippen LogP contribution in [-0.2, 0) is 4.74 Å². The lowest BCUT2D eigenvalue weighted by Crippen LogP contribution is -2.31.